The minimum Gasteiger partial charge on any atom is -0.489 e. The molecular formula is C25H29Cl2FN2O2S. The van der Waals surface area contributed by atoms with Crippen molar-refractivity contribution in [3.63, 3.8) is 0 Å². The molecule has 0 aromatic heterocycles. The molecule has 8 heteroatoms. The van der Waals surface area contributed by atoms with Gasteiger partial charge < -0.3 is 4.74 Å². The van der Waals surface area contributed by atoms with Gasteiger partial charge >= 0.3 is 0 Å². The SMILES string of the molecule is CC(C)c1cc(C(=O)NSC2CC2)c(F)cc1OC1CCCN(Cc2c(Cl)cccc2Cl)C1. The zero-order valence-electron chi connectivity index (χ0n) is 18.9. The first kappa shape index (κ1) is 24.6. The Kier molecular flexibility index (Phi) is 8.11. The highest BCUT2D eigenvalue weighted by molar-refractivity contribution is 7.98. The number of ether oxygens (including phenoxy) is 1. The molecule has 4 rings (SSSR count). The van der Waals surface area contributed by atoms with Crippen LogP contribution in [0.5, 0.6) is 5.75 Å². The summed E-state index contributed by atoms with van der Waals surface area (Å²) in [5, 5.41) is 1.77. The monoisotopic (exact) mass is 510 g/mol. The Morgan fingerprint density at radius 2 is 1.97 bits per heavy atom. The largest absolute Gasteiger partial charge is 0.489 e. The fourth-order valence-corrected chi connectivity index (χ4v) is 5.29. The van der Waals surface area contributed by atoms with Crippen molar-refractivity contribution in [2.45, 2.75) is 63.3 Å². The molecule has 1 N–H and O–H groups in total. The van der Waals surface area contributed by atoms with Gasteiger partial charge in [-0.15, -0.1) is 0 Å². The average molecular weight is 511 g/mol. The van der Waals surface area contributed by atoms with Crippen LogP contribution in [0, 0.1) is 5.82 Å². The van der Waals surface area contributed by atoms with Gasteiger partial charge in [-0.1, -0.05) is 43.1 Å². The van der Waals surface area contributed by atoms with Crippen LogP contribution < -0.4 is 9.46 Å². The molecule has 33 heavy (non-hydrogen) atoms. The molecule has 0 radical (unpaired) electrons. The predicted octanol–water partition coefficient (Wildman–Crippen LogP) is 6.84. The maximum absolute atomic E-state index is 14.9. The first-order valence-corrected chi connectivity index (χ1v) is 13.1. The topological polar surface area (TPSA) is 41.6 Å². The molecule has 1 aliphatic heterocycles. The van der Waals surface area contributed by atoms with Crippen molar-refractivity contribution in [3.05, 3.63) is 62.9 Å². The van der Waals surface area contributed by atoms with E-state index in [1.807, 2.05) is 32.0 Å². The number of piperidine rings is 1. The van der Waals surface area contributed by atoms with E-state index in [-0.39, 0.29) is 17.6 Å². The summed E-state index contributed by atoms with van der Waals surface area (Å²) in [6, 6.07) is 8.55. The lowest BCUT2D eigenvalue weighted by Gasteiger charge is -2.34. The summed E-state index contributed by atoms with van der Waals surface area (Å²) in [6.45, 7) is 6.30. The molecule has 0 bridgehead atoms. The zero-order valence-corrected chi connectivity index (χ0v) is 21.2. The molecule has 1 saturated carbocycles. The number of rotatable bonds is 8. The van der Waals surface area contributed by atoms with Crippen molar-refractivity contribution in [1.29, 1.82) is 0 Å². The van der Waals surface area contributed by atoms with Crippen LogP contribution in [0.25, 0.3) is 0 Å². The van der Waals surface area contributed by atoms with E-state index in [1.165, 1.54) is 18.0 Å². The number of carbonyl (C=O) groups excluding carboxylic acids is 1. The van der Waals surface area contributed by atoms with Crippen LogP contribution in [0.15, 0.2) is 30.3 Å². The van der Waals surface area contributed by atoms with Crippen LogP contribution in [-0.4, -0.2) is 35.3 Å². The number of amides is 1. The molecule has 178 valence electrons. The molecule has 1 saturated heterocycles. The second-order valence-corrected chi connectivity index (χ2v) is 11.0. The first-order valence-electron chi connectivity index (χ1n) is 11.4. The molecular weight excluding hydrogens is 482 g/mol. The van der Waals surface area contributed by atoms with Gasteiger partial charge in [0.2, 0.25) is 0 Å². The van der Waals surface area contributed by atoms with Gasteiger partial charge in [-0.25, -0.2) is 4.39 Å². The van der Waals surface area contributed by atoms with Crippen LogP contribution in [0.3, 0.4) is 0 Å². The second-order valence-electron chi connectivity index (χ2n) is 9.09. The lowest BCUT2D eigenvalue weighted by molar-refractivity contribution is 0.0831. The second kappa shape index (κ2) is 10.9. The number of hydrogen-bond donors (Lipinski definition) is 1. The molecule has 1 amide bonds. The lowest BCUT2D eigenvalue weighted by Crippen LogP contribution is -2.40. The van der Waals surface area contributed by atoms with E-state index < -0.39 is 11.7 Å². The van der Waals surface area contributed by atoms with Crippen molar-refractivity contribution < 1.29 is 13.9 Å². The van der Waals surface area contributed by atoms with Crippen LogP contribution in [-0.2, 0) is 6.54 Å². The average Bonchev–Trinajstić information content (AvgIpc) is 3.59. The van der Waals surface area contributed by atoms with Gasteiger partial charge in [0.05, 0.1) is 5.56 Å². The number of hydrogen-bond acceptors (Lipinski definition) is 4. The molecule has 2 fully saturated rings. The summed E-state index contributed by atoms with van der Waals surface area (Å²) in [6.07, 6.45) is 3.95. The molecule has 2 aliphatic rings. The molecule has 1 atom stereocenters. The number of benzene rings is 2. The molecule has 1 unspecified atom stereocenters. The molecule has 2 aromatic carbocycles. The molecule has 2 aromatic rings. The van der Waals surface area contributed by atoms with Crippen LogP contribution in [0.1, 0.15) is 66.9 Å². The molecule has 0 spiro atoms. The third kappa shape index (κ3) is 6.36. The van der Waals surface area contributed by atoms with Crippen molar-refractivity contribution >= 4 is 41.1 Å². The van der Waals surface area contributed by atoms with Crippen LogP contribution in [0.4, 0.5) is 4.39 Å². The van der Waals surface area contributed by atoms with Crippen molar-refractivity contribution in [1.82, 2.24) is 9.62 Å². The standard InChI is InChI=1S/C25H29Cl2FN2O2S/c1-15(2)18-11-19(25(31)29-33-17-8-9-17)23(28)12-24(18)32-16-5-4-10-30(13-16)14-20-21(26)6-3-7-22(20)27/h3,6-7,11-12,15-17H,4-5,8-10,13-14H2,1-2H3,(H,29,31). The number of carbonyl (C=O) groups is 1. The quantitative estimate of drug-likeness (QED) is 0.394. The summed E-state index contributed by atoms with van der Waals surface area (Å²) in [5.74, 6) is -0.349. The maximum atomic E-state index is 14.9. The van der Waals surface area contributed by atoms with Gasteiger partial charge in [0.25, 0.3) is 5.91 Å². The Balaban J connectivity index is 1.46. The minimum absolute atomic E-state index is 0.0674. The Hall–Kier alpha value is -1.47. The highest BCUT2D eigenvalue weighted by atomic mass is 35.5. The Morgan fingerprint density at radius 3 is 2.64 bits per heavy atom. The van der Waals surface area contributed by atoms with Crippen LogP contribution >= 0.6 is 35.1 Å². The summed E-state index contributed by atoms with van der Waals surface area (Å²) >= 11 is 14.1. The highest BCUT2D eigenvalue weighted by Crippen LogP contribution is 2.34. The molecule has 4 nitrogen and oxygen atoms in total. The third-order valence-electron chi connectivity index (χ3n) is 6.01. The van der Waals surface area contributed by atoms with Crippen molar-refractivity contribution in [3.8, 4) is 5.75 Å². The summed E-state index contributed by atoms with van der Waals surface area (Å²) in [4.78, 5) is 14.8. The number of nitrogens with one attached hydrogen (secondary N) is 1. The Bertz CT molecular complexity index is 996. The zero-order chi connectivity index (χ0) is 23.5. The van der Waals surface area contributed by atoms with Gasteiger partial charge in [-0.2, -0.15) is 0 Å². The number of nitrogens with zero attached hydrogens (tertiary/aromatic N) is 1. The fraction of sp³-hybridized carbons (Fsp3) is 0.480. The Labute approximate surface area is 209 Å². The Morgan fingerprint density at radius 1 is 1.24 bits per heavy atom. The van der Waals surface area contributed by atoms with Gasteiger partial charge in [-0.3, -0.25) is 14.4 Å². The van der Waals surface area contributed by atoms with E-state index in [1.54, 1.807) is 6.07 Å². The van der Waals surface area contributed by atoms with E-state index in [0.717, 1.165) is 43.4 Å². The van der Waals surface area contributed by atoms with Gasteiger partial charge in [0.15, 0.2) is 0 Å². The van der Waals surface area contributed by atoms with E-state index in [4.69, 9.17) is 27.9 Å². The van der Waals surface area contributed by atoms with Gasteiger partial charge in [0, 0.05) is 40.0 Å². The van der Waals surface area contributed by atoms with E-state index >= 15 is 0 Å². The molecule has 1 heterocycles. The summed E-state index contributed by atoms with van der Waals surface area (Å²) in [5.41, 5.74) is 1.82. The maximum Gasteiger partial charge on any atom is 0.264 e. The number of halogens is 3. The number of likely N-dealkylation sites (tertiary alicyclic amines) is 1. The first-order chi connectivity index (χ1) is 15.8. The van der Waals surface area contributed by atoms with E-state index in [2.05, 4.69) is 9.62 Å². The fourth-order valence-electron chi connectivity index (χ4n) is 4.02. The third-order valence-corrected chi connectivity index (χ3v) is 7.82. The van der Waals surface area contributed by atoms with Crippen molar-refractivity contribution in [2.24, 2.45) is 0 Å². The van der Waals surface area contributed by atoms with E-state index in [9.17, 15) is 9.18 Å². The smallest absolute Gasteiger partial charge is 0.264 e. The lowest BCUT2D eigenvalue weighted by atomic mass is 9.98. The predicted molar refractivity (Wildman–Crippen MR) is 134 cm³/mol. The molecule has 1 aliphatic carbocycles. The highest BCUT2D eigenvalue weighted by Gasteiger charge is 2.27. The minimum atomic E-state index is -0.557. The van der Waals surface area contributed by atoms with Crippen LogP contribution in [0.2, 0.25) is 10.0 Å². The summed E-state index contributed by atoms with van der Waals surface area (Å²) < 4.78 is 24.0. The van der Waals surface area contributed by atoms with Crippen molar-refractivity contribution in [2.75, 3.05) is 13.1 Å². The van der Waals surface area contributed by atoms with E-state index in [0.29, 0.717) is 34.1 Å². The summed E-state index contributed by atoms with van der Waals surface area (Å²) in [7, 11) is 0. The van der Waals surface area contributed by atoms with Gasteiger partial charge in [-0.05, 0) is 73.9 Å². The normalized spacial score (nSPS) is 19.0. The van der Waals surface area contributed by atoms with Gasteiger partial charge in [0.1, 0.15) is 17.7 Å².